The molecule has 0 aliphatic rings. The fourth-order valence-electron chi connectivity index (χ4n) is 1.26. The van der Waals surface area contributed by atoms with Gasteiger partial charge in [-0.05, 0) is 24.0 Å². The van der Waals surface area contributed by atoms with Gasteiger partial charge in [0.1, 0.15) is 0 Å². The molecule has 0 spiro atoms. The van der Waals surface area contributed by atoms with Gasteiger partial charge in [-0.25, -0.2) is 4.79 Å². The van der Waals surface area contributed by atoms with Crippen LogP contribution in [0.3, 0.4) is 0 Å². The van der Waals surface area contributed by atoms with Crippen LogP contribution >= 0.6 is 11.8 Å². The fraction of sp³-hybridized carbons (Fsp3) is 0.300. The SMILES string of the molecule is CSc1ccc(CC(F)(F)F)cc1C(=O)O. The van der Waals surface area contributed by atoms with Crippen molar-refractivity contribution in [3.63, 3.8) is 0 Å². The van der Waals surface area contributed by atoms with E-state index in [9.17, 15) is 18.0 Å². The molecule has 1 aromatic rings. The Hall–Kier alpha value is -1.17. The highest BCUT2D eigenvalue weighted by molar-refractivity contribution is 7.98. The van der Waals surface area contributed by atoms with Crippen molar-refractivity contribution in [2.24, 2.45) is 0 Å². The highest BCUT2D eigenvalue weighted by Gasteiger charge is 2.28. The molecule has 6 heteroatoms. The fourth-order valence-corrected chi connectivity index (χ4v) is 1.83. The van der Waals surface area contributed by atoms with Gasteiger partial charge < -0.3 is 5.11 Å². The zero-order chi connectivity index (χ0) is 12.3. The number of carbonyl (C=O) groups is 1. The Morgan fingerprint density at radius 3 is 2.50 bits per heavy atom. The molecule has 0 aliphatic carbocycles. The minimum Gasteiger partial charge on any atom is -0.478 e. The molecule has 0 unspecified atom stereocenters. The lowest BCUT2D eigenvalue weighted by Gasteiger charge is -2.09. The van der Waals surface area contributed by atoms with E-state index in [1.165, 1.54) is 23.9 Å². The molecular weight excluding hydrogens is 241 g/mol. The molecule has 0 amide bonds. The standard InChI is InChI=1S/C10H9F3O2S/c1-16-8-3-2-6(5-10(11,12)13)4-7(8)9(14)15/h2-4H,5H2,1H3,(H,14,15). The lowest BCUT2D eigenvalue weighted by atomic mass is 10.1. The molecule has 0 saturated carbocycles. The molecule has 0 bridgehead atoms. The second kappa shape index (κ2) is 4.78. The Balaban J connectivity index is 3.07. The Bertz CT molecular complexity index is 402. The van der Waals surface area contributed by atoms with Crippen LogP contribution in [0.2, 0.25) is 0 Å². The molecule has 0 aromatic heterocycles. The van der Waals surface area contributed by atoms with Crippen LogP contribution in [0.1, 0.15) is 15.9 Å². The van der Waals surface area contributed by atoms with E-state index in [0.717, 1.165) is 6.07 Å². The molecule has 0 atom stereocenters. The van der Waals surface area contributed by atoms with Crippen molar-refractivity contribution >= 4 is 17.7 Å². The molecule has 0 radical (unpaired) electrons. The minimum atomic E-state index is -4.32. The number of thioether (sulfide) groups is 1. The Kier molecular flexibility index (Phi) is 3.85. The smallest absolute Gasteiger partial charge is 0.393 e. The van der Waals surface area contributed by atoms with Crippen LogP contribution in [0.15, 0.2) is 23.1 Å². The third-order valence-corrected chi connectivity index (χ3v) is 2.69. The van der Waals surface area contributed by atoms with Crippen molar-refractivity contribution in [3.05, 3.63) is 29.3 Å². The number of benzene rings is 1. The monoisotopic (exact) mass is 250 g/mol. The molecule has 1 rings (SSSR count). The maximum absolute atomic E-state index is 12.1. The quantitative estimate of drug-likeness (QED) is 0.837. The first-order chi connectivity index (χ1) is 7.33. The van der Waals surface area contributed by atoms with E-state index in [1.807, 2.05) is 0 Å². The van der Waals surface area contributed by atoms with E-state index in [2.05, 4.69) is 0 Å². The maximum atomic E-state index is 12.1. The van der Waals surface area contributed by atoms with Crippen LogP contribution in [-0.4, -0.2) is 23.5 Å². The van der Waals surface area contributed by atoms with Crippen LogP contribution in [0.5, 0.6) is 0 Å². The molecule has 16 heavy (non-hydrogen) atoms. The third-order valence-electron chi connectivity index (χ3n) is 1.90. The summed E-state index contributed by atoms with van der Waals surface area (Å²) < 4.78 is 36.3. The van der Waals surface area contributed by atoms with Crippen molar-refractivity contribution in [1.82, 2.24) is 0 Å². The van der Waals surface area contributed by atoms with E-state index in [4.69, 9.17) is 5.11 Å². The zero-order valence-electron chi connectivity index (χ0n) is 8.34. The summed E-state index contributed by atoms with van der Waals surface area (Å²) in [6, 6.07) is 3.77. The van der Waals surface area contributed by atoms with Crippen molar-refractivity contribution in [2.75, 3.05) is 6.26 Å². The molecule has 0 fully saturated rings. The summed E-state index contributed by atoms with van der Waals surface area (Å²) in [6.07, 6.45) is -3.76. The summed E-state index contributed by atoms with van der Waals surface area (Å²) >= 11 is 1.19. The first kappa shape index (κ1) is 12.9. The summed E-state index contributed by atoms with van der Waals surface area (Å²) in [7, 11) is 0. The van der Waals surface area contributed by atoms with Crippen LogP contribution < -0.4 is 0 Å². The van der Waals surface area contributed by atoms with E-state index in [0.29, 0.717) is 4.90 Å². The lowest BCUT2D eigenvalue weighted by molar-refractivity contribution is -0.127. The number of rotatable bonds is 3. The van der Waals surface area contributed by atoms with Crippen molar-refractivity contribution in [2.45, 2.75) is 17.5 Å². The van der Waals surface area contributed by atoms with Gasteiger partial charge >= 0.3 is 12.1 Å². The van der Waals surface area contributed by atoms with Crippen LogP contribution in [-0.2, 0) is 6.42 Å². The van der Waals surface area contributed by atoms with Gasteiger partial charge in [0.05, 0.1) is 12.0 Å². The summed E-state index contributed by atoms with van der Waals surface area (Å²) in [5, 5.41) is 8.82. The highest BCUT2D eigenvalue weighted by Crippen LogP contribution is 2.26. The molecule has 2 nitrogen and oxygen atoms in total. The van der Waals surface area contributed by atoms with Gasteiger partial charge in [0.15, 0.2) is 0 Å². The predicted molar refractivity (Wildman–Crippen MR) is 54.9 cm³/mol. The summed E-state index contributed by atoms with van der Waals surface area (Å²) in [6.45, 7) is 0. The second-order valence-electron chi connectivity index (χ2n) is 3.13. The third kappa shape index (κ3) is 3.44. The van der Waals surface area contributed by atoms with Gasteiger partial charge in [-0.15, -0.1) is 11.8 Å². The number of hydrogen-bond donors (Lipinski definition) is 1. The highest BCUT2D eigenvalue weighted by atomic mass is 32.2. The van der Waals surface area contributed by atoms with Crippen LogP contribution in [0.25, 0.3) is 0 Å². The minimum absolute atomic E-state index is 0.0392. The number of alkyl halides is 3. The molecule has 88 valence electrons. The number of carboxylic acids is 1. The lowest BCUT2D eigenvalue weighted by Crippen LogP contribution is -2.12. The van der Waals surface area contributed by atoms with Crippen molar-refractivity contribution < 1.29 is 23.1 Å². The molecular formula is C10H9F3O2S. The molecule has 0 aliphatic heterocycles. The van der Waals surface area contributed by atoms with Gasteiger partial charge in [0.2, 0.25) is 0 Å². The topological polar surface area (TPSA) is 37.3 Å². The summed E-state index contributed by atoms with van der Waals surface area (Å²) in [5.41, 5.74) is -0.128. The van der Waals surface area contributed by atoms with Crippen molar-refractivity contribution in [1.29, 1.82) is 0 Å². The number of aromatic carboxylic acids is 1. The Morgan fingerprint density at radius 1 is 1.44 bits per heavy atom. The van der Waals surface area contributed by atoms with E-state index < -0.39 is 18.6 Å². The van der Waals surface area contributed by atoms with Gasteiger partial charge in [0, 0.05) is 4.90 Å². The number of halogens is 3. The average Bonchev–Trinajstić information content (AvgIpc) is 2.15. The Morgan fingerprint density at radius 2 is 2.06 bits per heavy atom. The van der Waals surface area contributed by atoms with E-state index >= 15 is 0 Å². The number of hydrogen-bond acceptors (Lipinski definition) is 2. The zero-order valence-corrected chi connectivity index (χ0v) is 9.15. The molecule has 0 heterocycles. The predicted octanol–water partition coefficient (Wildman–Crippen LogP) is 3.21. The van der Waals surface area contributed by atoms with Gasteiger partial charge in [-0.1, -0.05) is 6.07 Å². The van der Waals surface area contributed by atoms with Crippen LogP contribution in [0, 0.1) is 0 Å². The van der Waals surface area contributed by atoms with Crippen LogP contribution in [0.4, 0.5) is 13.2 Å². The molecule has 1 N–H and O–H groups in total. The maximum Gasteiger partial charge on any atom is 0.393 e. The Labute approximate surface area is 94.5 Å². The van der Waals surface area contributed by atoms with Gasteiger partial charge in [-0.3, -0.25) is 0 Å². The van der Waals surface area contributed by atoms with E-state index in [1.54, 1.807) is 6.26 Å². The summed E-state index contributed by atoms with van der Waals surface area (Å²) in [5.74, 6) is -1.21. The van der Waals surface area contributed by atoms with Gasteiger partial charge in [0.25, 0.3) is 0 Å². The summed E-state index contributed by atoms with van der Waals surface area (Å²) in [4.78, 5) is 11.3. The first-order valence-electron chi connectivity index (χ1n) is 4.30. The largest absolute Gasteiger partial charge is 0.478 e. The molecule has 1 aromatic carbocycles. The van der Waals surface area contributed by atoms with Gasteiger partial charge in [-0.2, -0.15) is 13.2 Å². The first-order valence-corrected chi connectivity index (χ1v) is 5.53. The van der Waals surface area contributed by atoms with E-state index in [-0.39, 0.29) is 11.1 Å². The normalized spacial score (nSPS) is 11.5. The second-order valence-corrected chi connectivity index (χ2v) is 3.98. The average molecular weight is 250 g/mol. The number of carboxylic acid groups (broad SMARTS) is 1. The van der Waals surface area contributed by atoms with Crippen molar-refractivity contribution in [3.8, 4) is 0 Å². The molecule has 0 saturated heterocycles.